The molecule has 144 valence electrons. The molecular weight excluding hydrogens is 332 g/mol. The lowest BCUT2D eigenvalue weighted by Crippen LogP contribution is -2.35. The van der Waals surface area contributed by atoms with Crippen molar-refractivity contribution < 1.29 is 24.1 Å². The van der Waals surface area contributed by atoms with E-state index < -0.39 is 11.9 Å². The van der Waals surface area contributed by atoms with Crippen LogP contribution in [0.25, 0.3) is 6.08 Å². The smallest absolute Gasteiger partial charge is 0.188 e. The van der Waals surface area contributed by atoms with E-state index in [9.17, 15) is 5.11 Å². The molecule has 1 aromatic carbocycles. The van der Waals surface area contributed by atoms with Crippen LogP contribution in [0.4, 0.5) is 0 Å². The van der Waals surface area contributed by atoms with E-state index in [0.717, 1.165) is 42.4 Å². The molecule has 0 radical (unpaired) electrons. The third kappa shape index (κ3) is 3.48. The molecule has 1 N–H and O–H groups in total. The number of methoxy groups -OCH3 is 2. The second-order valence-corrected chi connectivity index (χ2v) is 7.57. The Hall–Kier alpha value is -1.56. The summed E-state index contributed by atoms with van der Waals surface area (Å²) in [6.07, 6.45) is 7.03. The molecule has 2 aliphatic rings. The summed E-state index contributed by atoms with van der Waals surface area (Å²) < 4.78 is 23.9. The van der Waals surface area contributed by atoms with Gasteiger partial charge in [0.15, 0.2) is 6.29 Å². The van der Waals surface area contributed by atoms with Crippen molar-refractivity contribution in [2.24, 2.45) is 0 Å². The van der Waals surface area contributed by atoms with Gasteiger partial charge in [-0.1, -0.05) is 32.3 Å². The van der Waals surface area contributed by atoms with E-state index in [1.807, 2.05) is 26.0 Å². The highest BCUT2D eigenvalue weighted by Crippen LogP contribution is 2.51. The third-order valence-corrected chi connectivity index (χ3v) is 5.11. The number of rotatable bonds is 6. The molecule has 0 saturated carbocycles. The van der Waals surface area contributed by atoms with Crippen LogP contribution >= 0.6 is 0 Å². The first-order valence-electron chi connectivity index (χ1n) is 9.41. The maximum Gasteiger partial charge on any atom is 0.188 e. The van der Waals surface area contributed by atoms with E-state index in [4.69, 9.17) is 18.9 Å². The molecule has 5 nitrogen and oxygen atoms in total. The lowest BCUT2D eigenvalue weighted by atomic mass is 9.87. The van der Waals surface area contributed by atoms with Gasteiger partial charge < -0.3 is 24.1 Å². The number of hydrogen-bond acceptors (Lipinski definition) is 5. The zero-order chi connectivity index (χ0) is 18.9. The predicted octanol–water partition coefficient (Wildman–Crippen LogP) is 4.89. The summed E-state index contributed by atoms with van der Waals surface area (Å²) >= 11 is 0. The first kappa shape index (κ1) is 19.2. The van der Waals surface area contributed by atoms with Crippen molar-refractivity contribution in [1.82, 2.24) is 0 Å². The summed E-state index contributed by atoms with van der Waals surface area (Å²) in [4.78, 5) is 0. The maximum absolute atomic E-state index is 10.8. The summed E-state index contributed by atoms with van der Waals surface area (Å²) in [6.45, 7) is 6.17. The first-order chi connectivity index (χ1) is 12.4. The Bertz CT molecular complexity index is 679. The standard InChI is InChI=1S/C21H30O5/c1-6-7-8-9-15-19(23-4)16-14(22)12-13-10-11-21(2,3)26-18(13)17(16)20(24-5)25-15/h10-12,15,19-20,22H,6-9H2,1-5H3. The second-order valence-electron chi connectivity index (χ2n) is 7.57. The molecule has 3 rings (SSSR count). The van der Waals surface area contributed by atoms with E-state index in [2.05, 4.69) is 6.92 Å². The van der Waals surface area contributed by atoms with Gasteiger partial charge >= 0.3 is 0 Å². The van der Waals surface area contributed by atoms with E-state index in [1.54, 1.807) is 20.3 Å². The average molecular weight is 362 g/mol. The molecule has 0 aliphatic carbocycles. The molecule has 0 fully saturated rings. The van der Waals surface area contributed by atoms with E-state index in [1.165, 1.54) is 0 Å². The molecule has 0 aromatic heterocycles. The largest absolute Gasteiger partial charge is 0.508 e. The Morgan fingerprint density at radius 2 is 1.92 bits per heavy atom. The molecule has 1 aromatic rings. The van der Waals surface area contributed by atoms with Crippen LogP contribution in [-0.2, 0) is 14.2 Å². The number of benzene rings is 1. The van der Waals surface area contributed by atoms with Gasteiger partial charge in [-0.05, 0) is 32.4 Å². The highest BCUT2D eigenvalue weighted by molar-refractivity contribution is 5.68. The summed E-state index contributed by atoms with van der Waals surface area (Å²) in [5.74, 6) is 0.899. The topological polar surface area (TPSA) is 57.2 Å². The van der Waals surface area contributed by atoms with Crippen molar-refractivity contribution in [1.29, 1.82) is 0 Å². The van der Waals surface area contributed by atoms with Gasteiger partial charge in [-0.15, -0.1) is 0 Å². The fourth-order valence-electron chi connectivity index (χ4n) is 3.81. The van der Waals surface area contributed by atoms with Crippen molar-refractivity contribution in [3.63, 3.8) is 0 Å². The summed E-state index contributed by atoms with van der Waals surface area (Å²) in [6, 6.07) is 1.74. The second kappa shape index (κ2) is 7.59. The molecule has 0 amide bonds. The maximum atomic E-state index is 10.8. The molecule has 26 heavy (non-hydrogen) atoms. The van der Waals surface area contributed by atoms with Crippen LogP contribution in [0.2, 0.25) is 0 Å². The zero-order valence-electron chi connectivity index (χ0n) is 16.4. The molecule has 0 bridgehead atoms. The molecule has 2 heterocycles. The zero-order valence-corrected chi connectivity index (χ0v) is 16.4. The Kier molecular flexibility index (Phi) is 5.61. The lowest BCUT2D eigenvalue weighted by molar-refractivity contribution is -0.206. The summed E-state index contributed by atoms with van der Waals surface area (Å²) in [7, 11) is 3.27. The van der Waals surface area contributed by atoms with Gasteiger partial charge in [0, 0.05) is 25.3 Å². The van der Waals surface area contributed by atoms with Crippen molar-refractivity contribution >= 4 is 6.08 Å². The van der Waals surface area contributed by atoms with Crippen LogP contribution in [-0.4, -0.2) is 31.0 Å². The molecule has 0 saturated heterocycles. The molecule has 0 spiro atoms. The van der Waals surface area contributed by atoms with Gasteiger partial charge in [0.05, 0.1) is 11.7 Å². The molecule has 3 atom stereocenters. The van der Waals surface area contributed by atoms with Crippen LogP contribution in [0.5, 0.6) is 11.5 Å². The van der Waals surface area contributed by atoms with Crippen molar-refractivity contribution in [3.05, 3.63) is 28.8 Å². The number of hydrogen-bond donors (Lipinski definition) is 1. The Morgan fingerprint density at radius 1 is 1.15 bits per heavy atom. The minimum Gasteiger partial charge on any atom is -0.508 e. The van der Waals surface area contributed by atoms with Gasteiger partial charge in [-0.3, -0.25) is 0 Å². The van der Waals surface area contributed by atoms with Gasteiger partial charge in [-0.25, -0.2) is 0 Å². The van der Waals surface area contributed by atoms with Crippen molar-refractivity contribution in [2.45, 2.75) is 70.6 Å². The highest BCUT2D eigenvalue weighted by Gasteiger charge is 2.42. The van der Waals surface area contributed by atoms with Crippen LogP contribution in [0.15, 0.2) is 12.1 Å². The van der Waals surface area contributed by atoms with Crippen LogP contribution < -0.4 is 4.74 Å². The molecule has 2 aliphatic heterocycles. The summed E-state index contributed by atoms with van der Waals surface area (Å²) in [5, 5.41) is 10.8. The molecule has 3 unspecified atom stereocenters. The third-order valence-electron chi connectivity index (χ3n) is 5.11. The van der Waals surface area contributed by atoms with Crippen LogP contribution in [0.1, 0.15) is 75.5 Å². The number of phenolic OH excluding ortho intramolecular Hbond substituents is 1. The van der Waals surface area contributed by atoms with E-state index >= 15 is 0 Å². The molecule has 5 heteroatoms. The Balaban J connectivity index is 2.08. The van der Waals surface area contributed by atoms with E-state index in [0.29, 0.717) is 5.75 Å². The minimum atomic E-state index is -0.592. The number of phenols is 1. The van der Waals surface area contributed by atoms with Gasteiger partial charge in [0.1, 0.15) is 23.2 Å². The minimum absolute atomic E-state index is 0.167. The normalized spacial score (nSPS) is 26.1. The fraction of sp³-hybridized carbons (Fsp3) is 0.619. The highest BCUT2D eigenvalue weighted by atomic mass is 16.7. The van der Waals surface area contributed by atoms with E-state index in [-0.39, 0.29) is 18.0 Å². The van der Waals surface area contributed by atoms with Crippen LogP contribution in [0, 0.1) is 0 Å². The van der Waals surface area contributed by atoms with Crippen molar-refractivity contribution in [2.75, 3.05) is 14.2 Å². The molecular formula is C21H30O5. The van der Waals surface area contributed by atoms with Gasteiger partial charge in [0.25, 0.3) is 0 Å². The fourth-order valence-corrected chi connectivity index (χ4v) is 3.81. The Labute approximate surface area is 155 Å². The lowest BCUT2D eigenvalue weighted by Gasteiger charge is -2.40. The summed E-state index contributed by atoms with van der Waals surface area (Å²) in [5.41, 5.74) is 1.84. The quantitative estimate of drug-likeness (QED) is 0.730. The van der Waals surface area contributed by atoms with Crippen LogP contribution in [0.3, 0.4) is 0 Å². The number of unbranched alkanes of at least 4 members (excludes halogenated alkanes) is 2. The van der Waals surface area contributed by atoms with Crippen molar-refractivity contribution in [3.8, 4) is 11.5 Å². The number of fused-ring (bicyclic) bond motifs is 3. The number of ether oxygens (including phenoxy) is 4. The van der Waals surface area contributed by atoms with Gasteiger partial charge in [0.2, 0.25) is 0 Å². The first-order valence-corrected chi connectivity index (χ1v) is 9.41. The average Bonchev–Trinajstić information content (AvgIpc) is 2.61. The Morgan fingerprint density at radius 3 is 2.58 bits per heavy atom. The predicted molar refractivity (Wildman–Crippen MR) is 100 cm³/mol. The number of aromatic hydroxyl groups is 1. The van der Waals surface area contributed by atoms with Gasteiger partial charge in [-0.2, -0.15) is 0 Å². The SMILES string of the molecule is CCCCCC1OC(OC)c2c3c(cc(O)c2C1OC)C=CC(C)(C)O3. The monoisotopic (exact) mass is 362 g/mol.